The number of nitrogens with zero attached hydrogens (tertiary/aromatic N) is 1. The van der Waals surface area contributed by atoms with Crippen molar-refractivity contribution in [3.8, 4) is 0 Å². The van der Waals surface area contributed by atoms with Crippen molar-refractivity contribution in [2.75, 3.05) is 0 Å². The lowest BCUT2D eigenvalue weighted by Crippen LogP contribution is -2.16. The zero-order valence-corrected chi connectivity index (χ0v) is 14.8. The van der Waals surface area contributed by atoms with Gasteiger partial charge >= 0.3 is 0 Å². The van der Waals surface area contributed by atoms with Crippen LogP contribution in [0.3, 0.4) is 0 Å². The Labute approximate surface area is 147 Å². The number of hydrogen-bond donors (Lipinski definition) is 1. The highest BCUT2D eigenvalue weighted by atomic mass is 35.5. The number of carbonyl (C=O) groups excluding carboxylic acids is 2. The minimum atomic E-state index is -0.336. The number of aryl methyl sites for hydroxylation is 1. The van der Waals surface area contributed by atoms with E-state index in [1.165, 1.54) is 0 Å². The van der Waals surface area contributed by atoms with Crippen molar-refractivity contribution in [3.05, 3.63) is 58.4 Å². The van der Waals surface area contributed by atoms with Gasteiger partial charge in [0, 0.05) is 29.2 Å². The second-order valence-corrected chi connectivity index (χ2v) is 6.78. The Hall–Kier alpha value is -2.07. The number of rotatable bonds is 8. The summed E-state index contributed by atoms with van der Waals surface area (Å²) in [7, 11) is 0. The summed E-state index contributed by atoms with van der Waals surface area (Å²) < 4.78 is 2.01. The minimum absolute atomic E-state index is 0.0410. The number of halogens is 1. The fourth-order valence-corrected chi connectivity index (χ4v) is 2.70. The van der Waals surface area contributed by atoms with Crippen molar-refractivity contribution < 1.29 is 9.59 Å². The summed E-state index contributed by atoms with van der Waals surface area (Å²) >= 11 is 5.89. The van der Waals surface area contributed by atoms with Crippen LogP contribution in [-0.4, -0.2) is 16.3 Å². The normalized spacial score (nSPS) is 11.0. The second-order valence-electron chi connectivity index (χ2n) is 6.35. The predicted molar refractivity (Wildman–Crippen MR) is 96.3 cm³/mol. The minimum Gasteiger partial charge on any atom is -0.370 e. The van der Waals surface area contributed by atoms with Crippen LogP contribution in [0.5, 0.6) is 0 Å². The van der Waals surface area contributed by atoms with Crippen molar-refractivity contribution in [3.63, 3.8) is 0 Å². The zero-order valence-electron chi connectivity index (χ0n) is 14.1. The maximum atomic E-state index is 12.8. The SMILES string of the molecule is CC(C)CCn1c(CCC(N)=O)ccc1C(=O)c1ccc(Cl)cc1. The first kappa shape index (κ1) is 18.3. The first-order chi connectivity index (χ1) is 11.4. The average Bonchev–Trinajstić information content (AvgIpc) is 2.93. The summed E-state index contributed by atoms with van der Waals surface area (Å²) in [6.45, 7) is 5.04. The van der Waals surface area contributed by atoms with Gasteiger partial charge in [0.15, 0.2) is 0 Å². The Bertz CT molecular complexity index is 717. The highest BCUT2D eigenvalue weighted by Crippen LogP contribution is 2.19. The van der Waals surface area contributed by atoms with E-state index >= 15 is 0 Å². The maximum absolute atomic E-state index is 12.8. The quantitative estimate of drug-likeness (QED) is 0.738. The second kappa shape index (κ2) is 8.15. The van der Waals surface area contributed by atoms with E-state index in [1.807, 2.05) is 16.7 Å². The third-order valence-electron chi connectivity index (χ3n) is 3.97. The Kier molecular flexibility index (Phi) is 6.21. The van der Waals surface area contributed by atoms with Crippen LogP contribution in [0.1, 0.15) is 48.4 Å². The van der Waals surface area contributed by atoms with E-state index in [4.69, 9.17) is 17.3 Å². The highest BCUT2D eigenvalue weighted by molar-refractivity contribution is 6.30. The van der Waals surface area contributed by atoms with E-state index in [9.17, 15) is 9.59 Å². The summed E-state index contributed by atoms with van der Waals surface area (Å²) in [4.78, 5) is 23.9. The standard InChI is InChI=1S/C19H23ClN2O2/c1-13(2)11-12-22-16(8-10-18(21)23)7-9-17(22)19(24)14-3-5-15(20)6-4-14/h3-7,9,13H,8,10-12H2,1-2H3,(H2,21,23). The molecule has 128 valence electrons. The maximum Gasteiger partial charge on any atom is 0.217 e. The van der Waals surface area contributed by atoms with Crippen LogP contribution in [0.4, 0.5) is 0 Å². The summed E-state index contributed by atoms with van der Waals surface area (Å²) in [6, 6.07) is 10.6. The molecule has 0 aliphatic heterocycles. The van der Waals surface area contributed by atoms with Gasteiger partial charge in [-0.3, -0.25) is 9.59 Å². The van der Waals surface area contributed by atoms with Crippen LogP contribution >= 0.6 is 11.6 Å². The van der Waals surface area contributed by atoms with Crippen molar-refractivity contribution in [2.24, 2.45) is 11.7 Å². The van der Waals surface area contributed by atoms with Gasteiger partial charge in [0.25, 0.3) is 0 Å². The molecule has 0 fully saturated rings. The number of hydrogen-bond acceptors (Lipinski definition) is 2. The van der Waals surface area contributed by atoms with E-state index in [0.717, 1.165) is 18.7 Å². The van der Waals surface area contributed by atoms with Crippen molar-refractivity contribution in [1.29, 1.82) is 0 Å². The molecule has 1 aromatic heterocycles. The molecule has 2 N–H and O–H groups in total. The van der Waals surface area contributed by atoms with Gasteiger partial charge in [-0.2, -0.15) is 0 Å². The summed E-state index contributed by atoms with van der Waals surface area (Å²) in [6.07, 6.45) is 1.78. The molecule has 4 nitrogen and oxygen atoms in total. The van der Waals surface area contributed by atoms with Crippen LogP contribution in [-0.2, 0) is 17.8 Å². The van der Waals surface area contributed by atoms with Gasteiger partial charge in [-0.1, -0.05) is 25.4 Å². The molecule has 1 aromatic carbocycles. The molecule has 0 unspecified atom stereocenters. The van der Waals surface area contributed by atoms with Crippen molar-refractivity contribution in [1.82, 2.24) is 4.57 Å². The van der Waals surface area contributed by atoms with Gasteiger partial charge in [0.1, 0.15) is 0 Å². The number of nitrogens with two attached hydrogens (primary N) is 1. The van der Waals surface area contributed by atoms with E-state index < -0.39 is 0 Å². The number of aromatic nitrogens is 1. The molecule has 0 bridgehead atoms. The van der Waals surface area contributed by atoms with Gasteiger partial charge in [-0.15, -0.1) is 0 Å². The van der Waals surface area contributed by atoms with Crippen LogP contribution in [0.15, 0.2) is 36.4 Å². The summed E-state index contributed by atoms with van der Waals surface area (Å²) in [5.74, 6) is 0.146. The first-order valence-electron chi connectivity index (χ1n) is 8.15. The van der Waals surface area contributed by atoms with Gasteiger partial charge in [-0.25, -0.2) is 0 Å². The monoisotopic (exact) mass is 346 g/mol. The Balaban J connectivity index is 2.31. The highest BCUT2D eigenvalue weighted by Gasteiger charge is 2.17. The Morgan fingerprint density at radius 2 is 1.79 bits per heavy atom. The largest absolute Gasteiger partial charge is 0.370 e. The lowest BCUT2D eigenvalue weighted by Gasteiger charge is -2.14. The first-order valence-corrected chi connectivity index (χ1v) is 8.53. The van der Waals surface area contributed by atoms with E-state index in [0.29, 0.717) is 28.6 Å². The van der Waals surface area contributed by atoms with Crippen LogP contribution in [0, 0.1) is 5.92 Å². The lowest BCUT2D eigenvalue weighted by atomic mass is 10.1. The Morgan fingerprint density at radius 1 is 1.12 bits per heavy atom. The summed E-state index contributed by atoms with van der Waals surface area (Å²) in [5.41, 5.74) is 7.46. The molecule has 2 rings (SSSR count). The number of amides is 1. The molecule has 0 atom stereocenters. The fourth-order valence-electron chi connectivity index (χ4n) is 2.58. The molecule has 0 aliphatic rings. The molecule has 2 aromatic rings. The number of benzene rings is 1. The molecule has 1 heterocycles. The van der Waals surface area contributed by atoms with Gasteiger partial charge in [0.05, 0.1) is 5.69 Å². The number of ketones is 1. The molecule has 5 heteroatoms. The number of primary amides is 1. The van der Waals surface area contributed by atoms with E-state index in [1.54, 1.807) is 24.3 Å². The van der Waals surface area contributed by atoms with Crippen LogP contribution in [0.2, 0.25) is 5.02 Å². The van der Waals surface area contributed by atoms with Crippen LogP contribution in [0.25, 0.3) is 0 Å². The topological polar surface area (TPSA) is 65.1 Å². The van der Waals surface area contributed by atoms with E-state index in [-0.39, 0.29) is 18.1 Å². The molecule has 1 amide bonds. The molecule has 24 heavy (non-hydrogen) atoms. The average molecular weight is 347 g/mol. The zero-order chi connectivity index (χ0) is 17.7. The number of carbonyl (C=O) groups is 2. The summed E-state index contributed by atoms with van der Waals surface area (Å²) in [5, 5.41) is 0.601. The van der Waals surface area contributed by atoms with Crippen LogP contribution < -0.4 is 5.73 Å². The molecule has 0 saturated heterocycles. The van der Waals surface area contributed by atoms with Crippen molar-refractivity contribution in [2.45, 2.75) is 39.7 Å². The van der Waals surface area contributed by atoms with Gasteiger partial charge in [0.2, 0.25) is 11.7 Å². The van der Waals surface area contributed by atoms with Crippen molar-refractivity contribution >= 4 is 23.3 Å². The molecule has 0 radical (unpaired) electrons. The van der Waals surface area contributed by atoms with Gasteiger partial charge < -0.3 is 10.3 Å². The molecular formula is C19H23ClN2O2. The predicted octanol–water partition coefficient (Wildman–Crippen LogP) is 3.84. The van der Waals surface area contributed by atoms with Gasteiger partial charge in [-0.05, 0) is 55.2 Å². The smallest absolute Gasteiger partial charge is 0.217 e. The lowest BCUT2D eigenvalue weighted by molar-refractivity contribution is -0.118. The molecular weight excluding hydrogens is 324 g/mol. The molecule has 0 aliphatic carbocycles. The molecule has 0 spiro atoms. The Morgan fingerprint density at radius 3 is 2.38 bits per heavy atom. The molecule has 0 saturated carbocycles. The third-order valence-corrected chi connectivity index (χ3v) is 4.22. The fraction of sp³-hybridized carbons (Fsp3) is 0.368. The van der Waals surface area contributed by atoms with E-state index in [2.05, 4.69) is 13.8 Å². The third kappa shape index (κ3) is 4.71.